The lowest BCUT2D eigenvalue weighted by molar-refractivity contribution is -0.116. The van der Waals surface area contributed by atoms with Crippen LogP contribution in [-0.2, 0) is 9.59 Å². The van der Waals surface area contributed by atoms with Crippen LogP contribution in [0.1, 0.15) is 84.0 Å². The van der Waals surface area contributed by atoms with E-state index in [1.54, 1.807) is 0 Å². The molecule has 0 saturated carbocycles. The third-order valence-electron chi connectivity index (χ3n) is 3.68. The predicted molar refractivity (Wildman–Crippen MR) is 87.5 cm³/mol. The molecule has 0 bridgehead atoms. The van der Waals surface area contributed by atoms with Crippen LogP contribution in [0.2, 0.25) is 0 Å². The maximum absolute atomic E-state index is 11.1. The average Bonchev–Trinajstić information content (AvgIpc) is 2.42. The van der Waals surface area contributed by atoms with Gasteiger partial charge in [-0.1, -0.05) is 71.1 Å². The molecule has 0 radical (unpaired) electrons. The van der Waals surface area contributed by atoms with Gasteiger partial charge in [0, 0.05) is 11.6 Å². The fourth-order valence-corrected chi connectivity index (χ4v) is 2.42. The molecule has 0 atom stereocenters. The molecule has 2 amide bonds. The molecule has 122 valence electrons. The molecule has 0 rings (SSSR count). The normalized spacial score (nSPS) is 11.6. The molecule has 0 saturated heterocycles. The van der Waals surface area contributed by atoms with Gasteiger partial charge >= 0.3 is 0 Å². The number of carbonyl (C=O) groups excluding carboxylic acids is 2. The third-order valence-corrected chi connectivity index (χ3v) is 3.68. The van der Waals surface area contributed by atoms with E-state index in [0.717, 1.165) is 18.9 Å². The van der Waals surface area contributed by atoms with Gasteiger partial charge in [-0.15, -0.1) is 0 Å². The van der Waals surface area contributed by atoms with Gasteiger partial charge in [0.15, 0.2) is 0 Å². The number of primary amides is 2. The average molecular weight is 296 g/mol. The summed E-state index contributed by atoms with van der Waals surface area (Å²) in [5, 5.41) is 0. The van der Waals surface area contributed by atoms with E-state index in [0.29, 0.717) is 12.0 Å². The molecule has 0 heterocycles. The van der Waals surface area contributed by atoms with Crippen molar-refractivity contribution in [3.05, 3.63) is 11.6 Å². The van der Waals surface area contributed by atoms with E-state index in [-0.39, 0.29) is 0 Å². The van der Waals surface area contributed by atoms with Gasteiger partial charge in [-0.2, -0.15) is 0 Å². The lowest BCUT2D eigenvalue weighted by atomic mass is 10.0. The van der Waals surface area contributed by atoms with Gasteiger partial charge in [0.05, 0.1) is 0 Å². The van der Waals surface area contributed by atoms with Crippen molar-refractivity contribution < 1.29 is 9.59 Å². The van der Waals surface area contributed by atoms with Crippen molar-refractivity contribution in [2.24, 2.45) is 11.5 Å². The Bertz CT molecular complexity index is 325. The highest BCUT2D eigenvalue weighted by Gasteiger charge is 2.06. The zero-order valence-electron chi connectivity index (χ0n) is 13.5. The van der Waals surface area contributed by atoms with Gasteiger partial charge in [0.25, 0.3) is 0 Å². The molecule has 21 heavy (non-hydrogen) atoms. The largest absolute Gasteiger partial charge is 0.366 e. The topological polar surface area (TPSA) is 86.2 Å². The summed E-state index contributed by atoms with van der Waals surface area (Å²) in [6, 6.07) is 0. The molecule has 0 aliphatic rings. The highest BCUT2D eigenvalue weighted by atomic mass is 16.1. The Balaban J connectivity index is 3.46. The Hall–Kier alpha value is -1.32. The maximum atomic E-state index is 11.1. The van der Waals surface area contributed by atoms with Gasteiger partial charge < -0.3 is 11.5 Å². The lowest BCUT2D eigenvalue weighted by Crippen LogP contribution is -2.17. The number of hydrogen-bond acceptors (Lipinski definition) is 2. The molecule has 4 heteroatoms. The van der Waals surface area contributed by atoms with Crippen molar-refractivity contribution in [2.45, 2.75) is 84.0 Å². The fourth-order valence-electron chi connectivity index (χ4n) is 2.42. The monoisotopic (exact) mass is 296 g/mol. The summed E-state index contributed by atoms with van der Waals surface area (Å²) in [7, 11) is 0. The standard InChI is InChI=1S/C17H32N2O2/c1-2-3-4-5-6-7-8-9-10-11-12-13-15(17(19)21)14-16(18)20/h14H,2-13H2,1H3,(H2,18,20)(H2,19,21)/b15-14-. The SMILES string of the molecule is CCCCCCCCCCCCC/C(=C/C(N)=O)C(N)=O. The van der Waals surface area contributed by atoms with Crippen LogP contribution in [0.5, 0.6) is 0 Å². The summed E-state index contributed by atoms with van der Waals surface area (Å²) in [5.74, 6) is -1.15. The summed E-state index contributed by atoms with van der Waals surface area (Å²) >= 11 is 0. The fraction of sp³-hybridized carbons (Fsp3) is 0.765. The summed E-state index contributed by atoms with van der Waals surface area (Å²) in [5.41, 5.74) is 10.6. The van der Waals surface area contributed by atoms with E-state index < -0.39 is 11.8 Å². The number of amides is 2. The van der Waals surface area contributed by atoms with Crippen molar-refractivity contribution >= 4 is 11.8 Å². The van der Waals surface area contributed by atoms with E-state index in [1.807, 2.05) is 0 Å². The van der Waals surface area contributed by atoms with E-state index in [9.17, 15) is 9.59 Å². The highest BCUT2D eigenvalue weighted by molar-refractivity contribution is 5.99. The van der Waals surface area contributed by atoms with E-state index in [4.69, 9.17) is 11.5 Å². The summed E-state index contributed by atoms with van der Waals surface area (Å²) in [4.78, 5) is 21.8. The molecular formula is C17H32N2O2. The molecule has 0 aromatic carbocycles. The molecular weight excluding hydrogens is 264 g/mol. The minimum atomic E-state index is -0.605. The molecule has 0 unspecified atom stereocenters. The van der Waals surface area contributed by atoms with E-state index in [2.05, 4.69) is 6.92 Å². The Kier molecular flexibility index (Phi) is 12.8. The second-order valence-electron chi connectivity index (χ2n) is 5.72. The van der Waals surface area contributed by atoms with Crippen LogP contribution < -0.4 is 11.5 Å². The Morgan fingerprint density at radius 2 is 1.19 bits per heavy atom. The number of nitrogens with two attached hydrogens (primary N) is 2. The van der Waals surface area contributed by atoms with Gasteiger partial charge in [0.2, 0.25) is 11.8 Å². The smallest absolute Gasteiger partial charge is 0.244 e. The van der Waals surface area contributed by atoms with E-state index in [1.165, 1.54) is 57.8 Å². The molecule has 0 fully saturated rings. The highest BCUT2D eigenvalue weighted by Crippen LogP contribution is 2.13. The predicted octanol–water partition coefficient (Wildman–Crippen LogP) is 3.58. The van der Waals surface area contributed by atoms with Gasteiger partial charge in [0.1, 0.15) is 0 Å². The molecule has 0 aliphatic heterocycles. The zero-order chi connectivity index (χ0) is 15.9. The first kappa shape index (κ1) is 19.7. The first-order valence-corrected chi connectivity index (χ1v) is 8.37. The van der Waals surface area contributed by atoms with Crippen LogP contribution >= 0.6 is 0 Å². The Morgan fingerprint density at radius 1 is 0.762 bits per heavy atom. The van der Waals surface area contributed by atoms with Crippen LogP contribution in [0.25, 0.3) is 0 Å². The minimum absolute atomic E-state index is 0.346. The molecule has 0 aromatic heterocycles. The van der Waals surface area contributed by atoms with Gasteiger partial charge in [-0.05, 0) is 12.8 Å². The van der Waals surface area contributed by atoms with E-state index >= 15 is 0 Å². The maximum Gasteiger partial charge on any atom is 0.244 e. The van der Waals surface area contributed by atoms with Crippen molar-refractivity contribution in [3.63, 3.8) is 0 Å². The second-order valence-corrected chi connectivity index (χ2v) is 5.72. The first-order chi connectivity index (χ1) is 10.1. The molecule has 0 aromatic rings. The van der Waals surface area contributed by atoms with Crippen molar-refractivity contribution in [2.75, 3.05) is 0 Å². The number of carbonyl (C=O) groups is 2. The summed E-state index contributed by atoms with van der Waals surface area (Å²) in [6.45, 7) is 2.24. The lowest BCUT2D eigenvalue weighted by Gasteiger charge is -2.04. The van der Waals surface area contributed by atoms with Crippen molar-refractivity contribution in [3.8, 4) is 0 Å². The molecule has 0 spiro atoms. The molecule has 4 N–H and O–H groups in total. The van der Waals surface area contributed by atoms with Crippen LogP contribution in [0.3, 0.4) is 0 Å². The quantitative estimate of drug-likeness (QED) is 0.379. The van der Waals surface area contributed by atoms with Crippen molar-refractivity contribution in [1.29, 1.82) is 0 Å². The van der Waals surface area contributed by atoms with Crippen LogP contribution in [0.4, 0.5) is 0 Å². The second kappa shape index (κ2) is 13.7. The number of unbranched alkanes of at least 4 members (excludes halogenated alkanes) is 10. The number of rotatable bonds is 14. The minimum Gasteiger partial charge on any atom is -0.366 e. The van der Waals surface area contributed by atoms with Crippen LogP contribution in [0.15, 0.2) is 11.6 Å². The molecule has 4 nitrogen and oxygen atoms in total. The number of hydrogen-bond donors (Lipinski definition) is 2. The van der Waals surface area contributed by atoms with Gasteiger partial charge in [-0.3, -0.25) is 9.59 Å². The summed E-state index contributed by atoms with van der Waals surface area (Å²) < 4.78 is 0. The van der Waals surface area contributed by atoms with Crippen molar-refractivity contribution in [1.82, 2.24) is 0 Å². The van der Waals surface area contributed by atoms with Gasteiger partial charge in [-0.25, -0.2) is 0 Å². The summed E-state index contributed by atoms with van der Waals surface area (Å²) in [6.07, 6.45) is 15.5. The Morgan fingerprint density at radius 3 is 1.57 bits per heavy atom. The molecule has 0 aliphatic carbocycles. The zero-order valence-corrected chi connectivity index (χ0v) is 13.5. The Labute approximate surface area is 129 Å². The van der Waals surface area contributed by atoms with Crippen LogP contribution in [0, 0.1) is 0 Å². The first-order valence-electron chi connectivity index (χ1n) is 8.37. The third kappa shape index (κ3) is 13.4. The van der Waals surface area contributed by atoms with Crippen LogP contribution in [-0.4, -0.2) is 11.8 Å².